The van der Waals surface area contributed by atoms with E-state index in [1.807, 2.05) is 0 Å². The van der Waals surface area contributed by atoms with Crippen LogP contribution in [-0.2, 0) is 9.53 Å². The summed E-state index contributed by atoms with van der Waals surface area (Å²) < 4.78 is 19.4. The molecule has 108 valence electrons. The van der Waals surface area contributed by atoms with Gasteiger partial charge >= 0.3 is 0 Å². The highest BCUT2D eigenvalue weighted by Gasteiger charge is 2.50. The number of piperazine rings is 1. The highest BCUT2D eigenvalue weighted by molar-refractivity contribution is 5.86. The molecule has 0 radical (unpaired) electrons. The molecule has 1 amide bonds. The average Bonchev–Trinajstić information content (AvgIpc) is 2.61. The van der Waals surface area contributed by atoms with Crippen LogP contribution in [0.15, 0.2) is 0 Å². The minimum atomic E-state index is -1.53. The van der Waals surface area contributed by atoms with Gasteiger partial charge in [-0.15, -0.1) is 0 Å². The molecule has 0 aromatic carbocycles. The average molecular weight is 270 g/mol. The van der Waals surface area contributed by atoms with Gasteiger partial charge in [-0.3, -0.25) is 9.69 Å². The standard InChI is InChI=1S/C14H23FN2O2/c1-19-8-7-17-11-3-4-12(17)10-16(9-11)13(18)14(15)5-2-6-14/h11-12H,2-10H2,1H3/t11-,12-/m0/s1. The van der Waals surface area contributed by atoms with Crippen molar-refractivity contribution in [2.75, 3.05) is 33.4 Å². The lowest BCUT2D eigenvalue weighted by molar-refractivity contribution is -0.153. The van der Waals surface area contributed by atoms with Crippen LogP contribution < -0.4 is 0 Å². The Hall–Kier alpha value is -0.680. The highest BCUT2D eigenvalue weighted by atomic mass is 19.1. The lowest BCUT2D eigenvalue weighted by Crippen LogP contribution is -2.60. The third-order valence-corrected chi connectivity index (χ3v) is 5.00. The number of carbonyl (C=O) groups is 1. The van der Waals surface area contributed by atoms with Crippen molar-refractivity contribution >= 4 is 5.91 Å². The van der Waals surface area contributed by atoms with Gasteiger partial charge in [-0.2, -0.15) is 0 Å². The number of nitrogens with zero attached hydrogens (tertiary/aromatic N) is 2. The first-order valence-electron chi connectivity index (χ1n) is 7.37. The molecule has 1 saturated carbocycles. The Morgan fingerprint density at radius 3 is 2.42 bits per heavy atom. The fourth-order valence-electron chi connectivity index (χ4n) is 3.70. The Kier molecular flexibility index (Phi) is 3.52. The molecule has 5 heteroatoms. The number of fused-ring (bicyclic) bond motifs is 2. The predicted octanol–water partition coefficient (Wildman–Crippen LogP) is 1.20. The van der Waals surface area contributed by atoms with Gasteiger partial charge in [0.15, 0.2) is 5.67 Å². The molecule has 3 aliphatic rings. The van der Waals surface area contributed by atoms with E-state index in [0.29, 0.717) is 38.0 Å². The minimum absolute atomic E-state index is 0.248. The van der Waals surface area contributed by atoms with E-state index >= 15 is 0 Å². The van der Waals surface area contributed by atoms with E-state index in [0.717, 1.165) is 32.4 Å². The number of likely N-dealkylation sites (tertiary alicyclic amines) is 1. The van der Waals surface area contributed by atoms with Gasteiger partial charge in [0.1, 0.15) is 0 Å². The van der Waals surface area contributed by atoms with Crippen molar-refractivity contribution in [3.63, 3.8) is 0 Å². The number of methoxy groups -OCH3 is 1. The summed E-state index contributed by atoms with van der Waals surface area (Å²) in [5, 5.41) is 0. The van der Waals surface area contributed by atoms with Crippen LogP contribution in [-0.4, -0.2) is 66.8 Å². The van der Waals surface area contributed by atoms with Crippen LogP contribution in [0.1, 0.15) is 32.1 Å². The number of carbonyl (C=O) groups excluding carboxylic acids is 1. The maximum Gasteiger partial charge on any atom is 0.260 e. The Morgan fingerprint density at radius 2 is 1.95 bits per heavy atom. The van der Waals surface area contributed by atoms with Gasteiger partial charge in [-0.25, -0.2) is 4.39 Å². The Morgan fingerprint density at radius 1 is 1.32 bits per heavy atom. The molecule has 3 rings (SSSR count). The lowest BCUT2D eigenvalue weighted by Gasteiger charge is -2.44. The molecule has 0 aromatic heterocycles. The van der Waals surface area contributed by atoms with Gasteiger partial charge in [-0.1, -0.05) is 0 Å². The van der Waals surface area contributed by atoms with Crippen LogP contribution in [0.25, 0.3) is 0 Å². The number of hydrogen-bond acceptors (Lipinski definition) is 3. The second-order valence-electron chi connectivity index (χ2n) is 6.14. The van der Waals surface area contributed by atoms with Crippen molar-refractivity contribution in [1.82, 2.24) is 9.80 Å². The zero-order valence-electron chi connectivity index (χ0n) is 11.6. The van der Waals surface area contributed by atoms with Crippen LogP contribution in [0.2, 0.25) is 0 Å². The smallest absolute Gasteiger partial charge is 0.260 e. The molecule has 2 heterocycles. The van der Waals surface area contributed by atoms with Gasteiger partial charge in [0.2, 0.25) is 0 Å². The van der Waals surface area contributed by atoms with E-state index in [4.69, 9.17) is 4.74 Å². The van der Waals surface area contributed by atoms with E-state index < -0.39 is 5.67 Å². The van der Waals surface area contributed by atoms with Crippen molar-refractivity contribution in [3.05, 3.63) is 0 Å². The van der Waals surface area contributed by atoms with Crippen molar-refractivity contribution in [1.29, 1.82) is 0 Å². The highest BCUT2D eigenvalue weighted by Crippen LogP contribution is 2.39. The van der Waals surface area contributed by atoms with E-state index in [1.165, 1.54) is 0 Å². The zero-order valence-corrected chi connectivity index (χ0v) is 11.6. The zero-order chi connectivity index (χ0) is 13.5. The normalized spacial score (nSPS) is 33.3. The maximum absolute atomic E-state index is 14.2. The summed E-state index contributed by atoms with van der Waals surface area (Å²) >= 11 is 0. The van der Waals surface area contributed by atoms with Crippen LogP contribution in [0, 0.1) is 0 Å². The molecule has 1 aliphatic carbocycles. The molecule has 4 nitrogen and oxygen atoms in total. The fraction of sp³-hybridized carbons (Fsp3) is 0.929. The first-order chi connectivity index (χ1) is 9.14. The largest absolute Gasteiger partial charge is 0.383 e. The monoisotopic (exact) mass is 270 g/mol. The first-order valence-corrected chi connectivity index (χ1v) is 7.37. The predicted molar refractivity (Wildman–Crippen MR) is 69.7 cm³/mol. The van der Waals surface area contributed by atoms with Gasteiger partial charge in [0.05, 0.1) is 6.61 Å². The minimum Gasteiger partial charge on any atom is -0.383 e. The molecule has 2 bridgehead atoms. The van der Waals surface area contributed by atoms with Crippen molar-refractivity contribution in [2.24, 2.45) is 0 Å². The molecular formula is C14H23FN2O2. The third-order valence-electron chi connectivity index (χ3n) is 5.00. The van der Waals surface area contributed by atoms with Crippen LogP contribution in [0.5, 0.6) is 0 Å². The summed E-state index contributed by atoms with van der Waals surface area (Å²) in [5.74, 6) is -0.248. The summed E-state index contributed by atoms with van der Waals surface area (Å²) in [4.78, 5) is 16.5. The fourth-order valence-corrected chi connectivity index (χ4v) is 3.70. The number of hydrogen-bond donors (Lipinski definition) is 0. The number of halogens is 1. The van der Waals surface area contributed by atoms with Gasteiger partial charge < -0.3 is 9.64 Å². The molecular weight excluding hydrogens is 247 g/mol. The Labute approximate surface area is 113 Å². The van der Waals surface area contributed by atoms with Crippen LogP contribution >= 0.6 is 0 Å². The molecule has 19 heavy (non-hydrogen) atoms. The van der Waals surface area contributed by atoms with Crippen LogP contribution in [0.3, 0.4) is 0 Å². The summed E-state index contributed by atoms with van der Waals surface area (Å²) in [7, 11) is 1.71. The maximum atomic E-state index is 14.2. The number of alkyl halides is 1. The molecule has 2 saturated heterocycles. The van der Waals surface area contributed by atoms with Gasteiger partial charge in [-0.05, 0) is 32.1 Å². The molecule has 0 N–H and O–H groups in total. The molecule has 3 fully saturated rings. The summed E-state index contributed by atoms with van der Waals surface area (Å²) in [6, 6.07) is 0.808. The molecule has 0 aromatic rings. The summed E-state index contributed by atoms with van der Waals surface area (Å²) in [6.07, 6.45) is 3.94. The Balaban J connectivity index is 1.62. The topological polar surface area (TPSA) is 32.8 Å². The second-order valence-corrected chi connectivity index (χ2v) is 6.14. The van der Waals surface area contributed by atoms with Crippen molar-refractivity contribution < 1.29 is 13.9 Å². The second kappa shape index (κ2) is 5.02. The van der Waals surface area contributed by atoms with Crippen molar-refractivity contribution in [2.45, 2.75) is 49.9 Å². The quantitative estimate of drug-likeness (QED) is 0.769. The first kappa shape index (κ1) is 13.3. The van der Waals surface area contributed by atoms with E-state index in [-0.39, 0.29) is 5.91 Å². The molecule has 2 atom stereocenters. The molecule has 0 spiro atoms. The van der Waals surface area contributed by atoms with E-state index in [2.05, 4.69) is 4.90 Å². The Bertz CT molecular complexity index is 345. The van der Waals surface area contributed by atoms with E-state index in [9.17, 15) is 9.18 Å². The lowest BCUT2D eigenvalue weighted by atomic mass is 9.80. The molecule has 0 unspecified atom stereocenters. The summed E-state index contributed by atoms with van der Waals surface area (Å²) in [5.41, 5.74) is -1.53. The third kappa shape index (κ3) is 2.27. The number of rotatable bonds is 4. The van der Waals surface area contributed by atoms with Crippen LogP contribution in [0.4, 0.5) is 4.39 Å². The van der Waals surface area contributed by atoms with Gasteiger partial charge in [0.25, 0.3) is 5.91 Å². The molecule has 2 aliphatic heterocycles. The van der Waals surface area contributed by atoms with Gasteiger partial charge in [0, 0.05) is 38.8 Å². The van der Waals surface area contributed by atoms with E-state index in [1.54, 1.807) is 12.0 Å². The SMILES string of the molecule is COCCN1[C@H]2CC[C@H]1CN(C(=O)C1(F)CCC1)C2. The summed E-state index contributed by atoms with van der Waals surface area (Å²) in [6.45, 7) is 3.05. The number of amides is 1. The van der Waals surface area contributed by atoms with Crippen molar-refractivity contribution in [3.8, 4) is 0 Å². The number of ether oxygens (including phenoxy) is 1.